The van der Waals surface area contributed by atoms with Crippen LogP contribution in [0.25, 0.3) is 0 Å². The summed E-state index contributed by atoms with van der Waals surface area (Å²) in [6, 6.07) is 9.01. The quantitative estimate of drug-likeness (QED) is 0.574. The third kappa shape index (κ3) is 5.01. The number of aliphatic hydroxyl groups excluding tert-OH is 2. The maximum atomic E-state index is 12.9. The number of carbonyl (C=O) groups excluding carboxylic acids is 2. The van der Waals surface area contributed by atoms with Crippen LogP contribution in [-0.4, -0.2) is 69.2 Å². The maximum absolute atomic E-state index is 12.9. The van der Waals surface area contributed by atoms with E-state index >= 15 is 0 Å². The van der Waals surface area contributed by atoms with E-state index in [-0.39, 0.29) is 30.7 Å². The molecule has 0 unspecified atom stereocenters. The Bertz CT molecular complexity index is 999. The van der Waals surface area contributed by atoms with Gasteiger partial charge in [-0.2, -0.15) is 0 Å². The predicted molar refractivity (Wildman–Crippen MR) is 113 cm³/mol. The zero-order chi connectivity index (χ0) is 22.5. The molecule has 0 aliphatic carbocycles. The van der Waals surface area contributed by atoms with Gasteiger partial charge in [0.2, 0.25) is 0 Å². The van der Waals surface area contributed by atoms with E-state index in [1.54, 1.807) is 41.0 Å². The minimum Gasteiger partial charge on any atom is -0.478 e. The number of carboxylic acid groups (broad SMARTS) is 1. The summed E-state index contributed by atoms with van der Waals surface area (Å²) in [5.41, 5.74) is 2.70. The van der Waals surface area contributed by atoms with Crippen molar-refractivity contribution in [2.75, 3.05) is 31.5 Å². The molecule has 0 bridgehead atoms. The van der Waals surface area contributed by atoms with Gasteiger partial charge in [-0.1, -0.05) is 18.2 Å². The first-order valence-corrected chi connectivity index (χ1v) is 9.86. The van der Waals surface area contributed by atoms with Crippen molar-refractivity contribution in [3.8, 4) is 0 Å². The number of benzene rings is 2. The largest absolute Gasteiger partial charge is 0.478 e. The molecule has 0 aromatic heterocycles. The number of nitrogens with zero attached hydrogens (tertiary/aromatic N) is 2. The van der Waals surface area contributed by atoms with Gasteiger partial charge in [-0.3, -0.25) is 4.79 Å². The summed E-state index contributed by atoms with van der Waals surface area (Å²) in [4.78, 5) is 39.8. The van der Waals surface area contributed by atoms with Gasteiger partial charge in [0.1, 0.15) is 0 Å². The standard InChI is InChI=1S/C22H25N3O6/c1-14-2-4-16(21(29)30)11-19(14)23-22(31)25-8-6-24(7-9-25)20(28)18-5-3-15(12-26)10-17(18)13-27/h2-5,10-11,26-27H,6-9,12-13H2,1H3,(H,23,31)(H,29,30). The lowest BCUT2D eigenvalue weighted by Gasteiger charge is -2.35. The van der Waals surface area contributed by atoms with Gasteiger partial charge >= 0.3 is 12.0 Å². The molecule has 31 heavy (non-hydrogen) atoms. The molecular weight excluding hydrogens is 402 g/mol. The van der Waals surface area contributed by atoms with Crippen LogP contribution < -0.4 is 5.32 Å². The van der Waals surface area contributed by atoms with Gasteiger partial charge in [-0.25, -0.2) is 9.59 Å². The molecule has 4 N–H and O–H groups in total. The monoisotopic (exact) mass is 427 g/mol. The molecule has 1 heterocycles. The zero-order valence-corrected chi connectivity index (χ0v) is 17.2. The molecule has 2 aromatic rings. The molecule has 1 fully saturated rings. The first-order valence-electron chi connectivity index (χ1n) is 9.86. The summed E-state index contributed by atoms with van der Waals surface area (Å²) < 4.78 is 0. The van der Waals surface area contributed by atoms with Crippen LogP contribution in [0, 0.1) is 6.92 Å². The van der Waals surface area contributed by atoms with E-state index in [9.17, 15) is 24.6 Å². The topological polar surface area (TPSA) is 130 Å². The Morgan fingerprint density at radius 3 is 2.23 bits per heavy atom. The number of aliphatic hydroxyl groups is 2. The fourth-order valence-corrected chi connectivity index (χ4v) is 3.45. The molecule has 0 atom stereocenters. The van der Waals surface area contributed by atoms with Gasteiger partial charge in [0.05, 0.1) is 18.8 Å². The summed E-state index contributed by atoms with van der Waals surface area (Å²) in [7, 11) is 0. The van der Waals surface area contributed by atoms with Gasteiger partial charge in [-0.15, -0.1) is 0 Å². The number of amides is 3. The van der Waals surface area contributed by atoms with Crippen LogP contribution in [0.3, 0.4) is 0 Å². The molecule has 1 aliphatic rings. The summed E-state index contributed by atoms with van der Waals surface area (Å²) >= 11 is 0. The van der Waals surface area contributed by atoms with Crippen molar-refractivity contribution in [2.45, 2.75) is 20.1 Å². The molecule has 9 nitrogen and oxygen atoms in total. The normalized spacial score (nSPS) is 13.8. The number of piperazine rings is 1. The van der Waals surface area contributed by atoms with Crippen LogP contribution >= 0.6 is 0 Å². The second kappa shape index (κ2) is 9.59. The Labute approximate surface area is 179 Å². The Hall–Kier alpha value is -3.43. The van der Waals surface area contributed by atoms with Gasteiger partial charge in [0, 0.05) is 37.4 Å². The Morgan fingerprint density at radius 1 is 0.935 bits per heavy atom. The van der Waals surface area contributed by atoms with Crippen molar-refractivity contribution >= 4 is 23.6 Å². The van der Waals surface area contributed by atoms with Crippen molar-refractivity contribution in [3.63, 3.8) is 0 Å². The van der Waals surface area contributed by atoms with E-state index in [4.69, 9.17) is 5.11 Å². The van der Waals surface area contributed by atoms with E-state index in [0.29, 0.717) is 48.6 Å². The first-order chi connectivity index (χ1) is 14.8. The number of hydrogen-bond donors (Lipinski definition) is 4. The van der Waals surface area contributed by atoms with Crippen LogP contribution in [-0.2, 0) is 13.2 Å². The number of carbonyl (C=O) groups is 3. The Balaban J connectivity index is 1.63. The number of aryl methyl sites for hydroxylation is 1. The van der Waals surface area contributed by atoms with Crippen LogP contribution in [0.2, 0.25) is 0 Å². The molecule has 164 valence electrons. The third-order valence-corrected chi connectivity index (χ3v) is 5.33. The highest BCUT2D eigenvalue weighted by atomic mass is 16.4. The average Bonchev–Trinajstić information content (AvgIpc) is 2.79. The number of rotatable bonds is 5. The molecule has 0 saturated carbocycles. The number of carboxylic acids is 1. The zero-order valence-electron chi connectivity index (χ0n) is 17.2. The van der Waals surface area contributed by atoms with Crippen LogP contribution in [0.5, 0.6) is 0 Å². The summed E-state index contributed by atoms with van der Waals surface area (Å²) in [6.07, 6.45) is 0. The van der Waals surface area contributed by atoms with E-state index in [0.717, 1.165) is 5.56 Å². The molecule has 9 heteroatoms. The fraction of sp³-hybridized carbons (Fsp3) is 0.318. The SMILES string of the molecule is Cc1ccc(C(=O)O)cc1NC(=O)N1CCN(C(=O)c2ccc(CO)cc2CO)CC1. The fourth-order valence-electron chi connectivity index (χ4n) is 3.45. The maximum Gasteiger partial charge on any atom is 0.335 e. The molecular formula is C22H25N3O6. The second-order valence-corrected chi connectivity index (χ2v) is 7.35. The molecule has 2 aromatic carbocycles. The smallest absolute Gasteiger partial charge is 0.335 e. The number of nitrogens with one attached hydrogen (secondary N) is 1. The molecule has 0 spiro atoms. The van der Waals surface area contributed by atoms with Crippen molar-refractivity contribution < 1.29 is 29.7 Å². The summed E-state index contributed by atoms with van der Waals surface area (Å²) in [5.74, 6) is -1.31. The Morgan fingerprint density at radius 2 is 1.61 bits per heavy atom. The highest BCUT2D eigenvalue weighted by Gasteiger charge is 2.26. The predicted octanol–water partition coefficient (Wildman–Crippen LogP) is 1.67. The summed E-state index contributed by atoms with van der Waals surface area (Å²) in [6.45, 7) is 2.58. The molecule has 1 aliphatic heterocycles. The van der Waals surface area contributed by atoms with Crippen LogP contribution in [0.15, 0.2) is 36.4 Å². The lowest BCUT2D eigenvalue weighted by molar-refractivity contribution is 0.0667. The number of anilines is 1. The lowest BCUT2D eigenvalue weighted by Crippen LogP contribution is -2.51. The van der Waals surface area contributed by atoms with Crippen LogP contribution in [0.4, 0.5) is 10.5 Å². The molecule has 3 rings (SSSR count). The average molecular weight is 427 g/mol. The lowest BCUT2D eigenvalue weighted by atomic mass is 10.0. The molecule has 3 amide bonds. The van der Waals surface area contributed by atoms with Gasteiger partial charge < -0.3 is 30.4 Å². The van der Waals surface area contributed by atoms with Crippen LogP contribution in [0.1, 0.15) is 37.4 Å². The van der Waals surface area contributed by atoms with E-state index in [1.807, 2.05) is 0 Å². The number of aromatic carboxylic acids is 1. The van der Waals surface area contributed by atoms with E-state index in [1.165, 1.54) is 12.1 Å². The van der Waals surface area contributed by atoms with Gasteiger partial charge in [0.25, 0.3) is 5.91 Å². The highest BCUT2D eigenvalue weighted by Crippen LogP contribution is 2.19. The summed E-state index contributed by atoms with van der Waals surface area (Å²) in [5, 5.41) is 30.7. The van der Waals surface area contributed by atoms with Crippen molar-refractivity contribution in [1.29, 1.82) is 0 Å². The first kappa shape index (κ1) is 22.3. The number of urea groups is 1. The molecule has 1 saturated heterocycles. The van der Waals surface area contributed by atoms with Gasteiger partial charge in [-0.05, 0) is 41.8 Å². The minimum atomic E-state index is -1.07. The number of hydrogen-bond acceptors (Lipinski definition) is 5. The van der Waals surface area contributed by atoms with E-state index < -0.39 is 5.97 Å². The third-order valence-electron chi connectivity index (χ3n) is 5.33. The van der Waals surface area contributed by atoms with Gasteiger partial charge in [0.15, 0.2) is 0 Å². The van der Waals surface area contributed by atoms with Crippen molar-refractivity contribution in [2.24, 2.45) is 0 Å². The van der Waals surface area contributed by atoms with Crippen molar-refractivity contribution in [1.82, 2.24) is 9.80 Å². The highest BCUT2D eigenvalue weighted by molar-refractivity contribution is 5.96. The Kier molecular flexibility index (Phi) is 6.88. The van der Waals surface area contributed by atoms with E-state index in [2.05, 4.69) is 5.32 Å². The minimum absolute atomic E-state index is 0.0863. The second-order valence-electron chi connectivity index (χ2n) is 7.35. The van der Waals surface area contributed by atoms with Crippen molar-refractivity contribution in [3.05, 3.63) is 64.2 Å². The molecule has 0 radical (unpaired) electrons.